The van der Waals surface area contributed by atoms with Gasteiger partial charge < -0.3 is 10.1 Å². The zero-order chi connectivity index (χ0) is 15.2. The van der Waals surface area contributed by atoms with E-state index >= 15 is 0 Å². The summed E-state index contributed by atoms with van der Waals surface area (Å²) in [4.78, 5) is 11.9. The predicted molar refractivity (Wildman–Crippen MR) is 80.2 cm³/mol. The lowest BCUT2D eigenvalue weighted by Gasteiger charge is -2.10. The van der Waals surface area contributed by atoms with Crippen molar-refractivity contribution < 1.29 is 9.53 Å². The van der Waals surface area contributed by atoms with Crippen LogP contribution in [0.3, 0.4) is 0 Å². The highest BCUT2D eigenvalue weighted by molar-refractivity contribution is 5.90. The molecule has 2 rings (SSSR count). The number of hydrogen-bond acceptors (Lipinski definition) is 4. The largest absolute Gasteiger partial charge is 0.493 e. The molecule has 1 aromatic heterocycles. The highest BCUT2D eigenvalue weighted by atomic mass is 16.5. The molecule has 1 aromatic carbocycles. The summed E-state index contributed by atoms with van der Waals surface area (Å²) >= 11 is 0. The van der Waals surface area contributed by atoms with Gasteiger partial charge in [-0.3, -0.25) is 4.79 Å². The number of nitrogens with zero attached hydrogens (tertiary/aromatic N) is 3. The molecular formula is C15H20N4O2. The Hall–Kier alpha value is -2.37. The zero-order valence-corrected chi connectivity index (χ0v) is 12.5. The topological polar surface area (TPSA) is 69.0 Å². The molecule has 0 radical (unpaired) electrons. The number of hydrogen-bond donors (Lipinski definition) is 1. The SMILES string of the molecule is Cc1cnnn1CC(=O)Nc1ccc(OCC(C)C)cc1. The van der Waals surface area contributed by atoms with Crippen molar-refractivity contribution in [3.05, 3.63) is 36.2 Å². The quantitative estimate of drug-likeness (QED) is 0.885. The van der Waals surface area contributed by atoms with Crippen LogP contribution in [0.25, 0.3) is 0 Å². The summed E-state index contributed by atoms with van der Waals surface area (Å²) in [7, 11) is 0. The van der Waals surface area contributed by atoms with E-state index in [1.54, 1.807) is 10.9 Å². The third kappa shape index (κ3) is 4.59. The molecule has 6 heteroatoms. The number of aryl methyl sites for hydroxylation is 1. The number of carbonyl (C=O) groups is 1. The van der Waals surface area contributed by atoms with Crippen molar-refractivity contribution in [2.24, 2.45) is 5.92 Å². The maximum atomic E-state index is 11.9. The fraction of sp³-hybridized carbons (Fsp3) is 0.400. The first-order valence-electron chi connectivity index (χ1n) is 6.92. The Kier molecular flexibility index (Phi) is 4.92. The minimum absolute atomic E-state index is 0.139. The first kappa shape index (κ1) is 15.0. The van der Waals surface area contributed by atoms with E-state index in [2.05, 4.69) is 29.5 Å². The first-order valence-corrected chi connectivity index (χ1v) is 6.92. The number of nitrogens with one attached hydrogen (secondary N) is 1. The van der Waals surface area contributed by atoms with Crippen molar-refractivity contribution in [1.29, 1.82) is 0 Å². The van der Waals surface area contributed by atoms with Gasteiger partial charge in [0.2, 0.25) is 5.91 Å². The Morgan fingerprint density at radius 3 is 2.62 bits per heavy atom. The maximum absolute atomic E-state index is 11.9. The average molecular weight is 288 g/mol. The van der Waals surface area contributed by atoms with Crippen molar-refractivity contribution in [3.63, 3.8) is 0 Å². The standard InChI is InChI=1S/C15H20N4O2/c1-11(2)10-21-14-6-4-13(5-7-14)17-15(20)9-19-12(3)8-16-18-19/h4-8,11H,9-10H2,1-3H3,(H,17,20). The molecule has 0 aliphatic heterocycles. The lowest BCUT2D eigenvalue weighted by Crippen LogP contribution is -2.20. The van der Waals surface area contributed by atoms with Gasteiger partial charge in [0.15, 0.2) is 0 Å². The van der Waals surface area contributed by atoms with Crippen molar-refractivity contribution >= 4 is 11.6 Å². The first-order chi connectivity index (χ1) is 10.0. The van der Waals surface area contributed by atoms with E-state index < -0.39 is 0 Å². The summed E-state index contributed by atoms with van der Waals surface area (Å²) in [5.74, 6) is 1.14. The molecule has 21 heavy (non-hydrogen) atoms. The van der Waals surface area contributed by atoms with Gasteiger partial charge in [-0.1, -0.05) is 19.1 Å². The van der Waals surface area contributed by atoms with Crippen molar-refractivity contribution in [1.82, 2.24) is 15.0 Å². The van der Waals surface area contributed by atoms with E-state index in [0.29, 0.717) is 12.5 Å². The van der Waals surface area contributed by atoms with Gasteiger partial charge in [0.05, 0.1) is 18.5 Å². The van der Waals surface area contributed by atoms with E-state index in [1.807, 2.05) is 31.2 Å². The molecule has 0 aliphatic rings. The summed E-state index contributed by atoms with van der Waals surface area (Å²) < 4.78 is 7.14. The molecule has 0 bridgehead atoms. The predicted octanol–water partition coefficient (Wildman–Crippen LogP) is 2.26. The van der Waals surface area contributed by atoms with Crippen LogP contribution in [0.15, 0.2) is 30.5 Å². The number of amides is 1. The van der Waals surface area contributed by atoms with Crippen LogP contribution in [0.5, 0.6) is 5.75 Å². The number of aromatic nitrogens is 3. The van der Waals surface area contributed by atoms with Crippen LogP contribution in [0.1, 0.15) is 19.5 Å². The van der Waals surface area contributed by atoms with Gasteiger partial charge >= 0.3 is 0 Å². The Balaban J connectivity index is 1.88. The summed E-state index contributed by atoms with van der Waals surface area (Å²) in [5.41, 5.74) is 1.58. The van der Waals surface area contributed by atoms with E-state index in [0.717, 1.165) is 17.1 Å². The molecule has 0 saturated carbocycles. The fourth-order valence-corrected chi connectivity index (χ4v) is 1.70. The van der Waals surface area contributed by atoms with Gasteiger partial charge in [-0.2, -0.15) is 0 Å². The monoisotopic (exact) mass is 288 g/mol. The lowest BCUT2D eigenvalue weighted by atomic mass is 10.2. The molecule has 0 spiro atoms. The number of ether oxygens (including phenoxy) is 1. The molecule has 0 saturated heterocycles. The van der Waals surface area contributed by atoms with Gasteiger partial charge in [-0.25, -0.2) is 4.68 Å². The summed E-state index contributed by atoms with van der Waals surface area (Å²) in [6.45, 7) is 6.88. The molecular weight excluding hydrogens is 268 g/mol. The van der Waals surface area contributed by atoms with Crippen molar-refractivity contribution in [3.8, 4) is 5.75 Å². The third-order valence-electron chi connectivity index (χ3n) is 2.83. The zero-order valence-electron chi connectivity index (χ0n) is 12.5. The molecule has 112 valence electrons. The molecule has 1 N–H and O–H groups in total. The third-order valence-corrected chi connectivity index (χ3v) is 2.83. The summed E-state index contributed by atoms with van der Waals surface area (Å²) in [6.07, 6.45) is 1.62. The van der Waals surface area contributed by atoms with Crippen LogP contribution in [0, 0.1) is 12.8 Å². The highest BCUT2D eigenvalue weighted by Crippen LogP contribution is 2.16. The molecule has 0 aliphatic carbocycles. The van der Waals surface area contributed by atoms with E-state index in [9.17, 15) is 4.79 Å². The summed E-state index contributed by atoms with van der Waals surface area (Å²) in [6, 6.07) is 7.33. The van der Waals surface area contributed by atoms with Gasteiger partial charge in [0.1, 0.15) is 12.3 Å². The second-order valence-electron chi connectivity index (χ2n) is 5.31. The van der Waals surface area contributed by atoms with Crippen LogP contribution in [0.2, 0.25) is 0 Å². The molecule has 0 fully saturated rings. The Morgan fingerprint density at radius 1 is 1.33 bits per heavy atom. The van der Waals surface area contributed by atoms with Crippen molar-refractivity contribution in [2.45, 2.75) is 27.3 Å². The molecule has 0 unspecified atom stereocenters. The normalized spacial score (nSPS) is 10.7. The fourth-order valence-electron chi connectivity index (χ4n) is 1.70. The van der Waals surface area contributed by atoms with E-state index in [4.69, 9.17) is 4.74 Å². The molecule has 0 atom stereocenters. The van der Waals surface area contributed by atoms with Gasteiger partial charge in [0.25, 0.3) is 0 Å². The van der Waals surface area contributed by atoms with Crippen LogP contribution < -0.4 is 10.1 Å². The second kappa shape index (κ2) is 6.88. The van der Waals surface area contributed by atoms with Gasteiger partial charge in [-0.15, -0.1) is 5.10 Å². The highest BCUT2D eigenvalue weighted by Gasteiger charge is 2.07. The number of benzene rings is 1. The van der Waals surface area contributed by atoms with Crippen molar-refractivity contribution in [2.75, 3.05) is 11.9 Å². The number of anilines is 1. The molecule has 6 nitrogen and oxygen atoms in total. The Morgan fingerprint density at radius 2 is 2.05 bits per heavy atom. The number of carbonyl (C=O) groups excluding carboxylic acids is 1. The minimum Gasteiger partial charge on any atom is -0.493 e. The van der Waals surface area contributed by atoms with Gasteiger partial charge in [0, 0.05) is 5.69 Å². The van der Waals surface area contributed by atoms with Gasteiger partial charge in [-0.05, 0) is 37.1 Å². The van der Waals surface area contributed by atoms with Crippen LogP contribution >= 0.6 is 0 Å². The molecule has 2 aromatic rings. The van der Waals surface area contributed by atoms with Crippen LogP contribution in [-0.2, 0) is 11.3 Å². The Bertz CT molecular complexity index is 590. The average Bonchev–Trinajstić information content (AvgIpc) is 2.83. The molecule has 1 heterocycles. The number of rotatable bonds is 6. The van der Waals surface area contributed by atoms with Crippen LogP contribution in [0.4, 0.5) is 5.69 Å². The minimum atomic E-state index is -0.139. The lowest BCUT2D eigenvalue weighted by molar-refractivity contribution is -0.117. The maximum Gasteiger partial charge on any atom is 0.246 e. The van der Waals surface area contributed by atoms with Crippen LogP contribution in [-0.4, -0.2) is 27.5 Å². The van der Waals surface area contributed by atoms with E-state index in [1.165, 1.54) is 0 Å². The smallest absolute Gasteiger partial charge is 0.246 e. The Labute approximate surface area is 124 Å². The molecule has 1 amide bonds. The second-order valence-corrected chi connectivity index (χ2v) is 5.31. The van der Waals surface area contributed by atoms with E-state index in [-0.39, 0.29) is 12.5 Å². The summed E-state index contributed by atoms with van der Waals surface area (Å²) in [5, 5.41) is 10.4.